The van der Waals surface area contributed by atoms with E-state index in [2.05, 4.69) is 50.7 Å². The number of aromatic nitrogens is 4. The molecule has 0 unspecified atom stereocenters. The molecule has 0 saturated heterocycles. The van der Waals surface area contributed by atoms with Crippen molar-refractivity contribution in [1.82, 2.24) is 19.6 Å². The summed E-state index contributed by atoms with van der Waals surface area (Å²) in [4.78, 5) is 9.17. The van der Waals surface area contributed by atoms with Gasteiger partial charge < -0.3 is 14.8 Å². The van der Waals surface area contributed by atoms with E-state index in [1.165, 1.54) is 18.4 Å². The van der Waals surface area contributed by atoms with Crippen molar-refractivity contribution in [3.63, 3.8) is 0 Å². The predicted molar refractivity (Wildman–Crippen MR) is 104 cm³/mol. The summed E-state index contributed by atoms with van der Waals surface area (Å²) in [6.07, 6.45) is 2.39. The molecule has 0 spiro atoms. The number of nitrogens with one attached hydrogen (secondary N) is 2. The van der Waals surface area contributed by atoms with Crippen LogP contribution in [0.25, 0.3) is 16.8 Å². The molecule has 0 radical (unpaired) electrons. The van der Waals surface area contributed by atoms with Crippen LogP contribution in [-0.2, 0) is 5.41 Å². The molecule has 2 aromatic carbocycles. The minimum absolute atomic E-state index is 0.217. The Labute approximate surface area is 156 Å². The van der Waals surface area contributed by atoms with E-state index < -0.39 is 0 Å². The van der Waals surface area contributed by atoms with Crippen LogP contribution in [0.3, 0.4) is 0 Å². The van der Waals surface area contributed by atoms with Crippen LogP contribution < -0.4 is 14.8 Å². The second-order valence-corrected chi connectivity index (χ2v) is 7.02. The van der Waals surface area contributed by atoms with Crippen LogP contribution in [0.15, 0.2) is 42.5 Å². The lowest BCUT2D eigenvalue weighted by molar-refractivity contribution is 0.355. The fourth-order valence-corrected chi connectivity index (χ4v) is 3.65. The second kappa shape index (κ2) is 5.90. The van der Waals surface area contributed by atoms with Crippen molar-refractivity contribution in [3.05, 3.63) is 48.0 Å². The Bertz CT molecular complexity index is 1110. The first-order chi connectivity index (χ1) is 13.2. The fraction of sp³-hybridized carbons (Fsp3) is 0.300. The Balaban J connectivity index is 1.43. The Morgan fingerprint density at radius 2 is 1.81 bits per heavy atom. The minimum atomic E-state index is 0.217. The van der Waals surface area contributed by atoms with Gasteiger partial charge in [-0.15, -0.1) is 0 Å². The molecule has 27 heavy (non-hydrogen) atoms. The summed E-state index contributed by atoms with van der Waals surface area (Å²) in [7, 11) is 3.24. The number of fused-ring (bicyclic) bond motifs is 3. The monoisotopic (exact) mass is 363 g/mol. The fourth-order valence-electron chi connectivity index (χ4n) is 3.65. The molecule has 0 bridgehead atoms. The zero-order chi connectivity index (χ0) is 18.4. The van der Waals surface area contributed by atoms with E-state index in [0.29, 0.717) is 17.3 Å². The first-order valence-corrected chi connectivity index (χ1v) is 9.02. The van der Waals surface area contributed by atoms with Crippen LogP contribution in [0.1, 0.15) is 18.4 Å². The molecule has 4 aromatic rings. The van der Waals surface area contributed by atoms with Gasteiger partial charge in [-0.2, -0.15) is 4.98 Å². The van der Waals surface area contributed by atoms with Gasteiger partial charge in [0.2, 0.25) is 5.95 Å². The van der Waals surface area contributed by atoms with E-state index in [-0.39, 0.29) is 5.41 Å². The van der Waals surface area contributed by atoms with E-state index in [0.717, 1.165) is 23.5 Å². The van der Waals surface area contributed by atoms with Crippen molar-refractivity contribution in [1.29, 1.82) is 0 Å². The molecular weight excluding hydrogens is 342 g/mol. The van der Waals surface area contributed by atoms with Crippen molar-refractivity contribution < 1.29 is 9.47 Å². The average molecular weight is 363 g/mol. The molecule has 2 N–H and O–H groups in total. The number of methoxy groups -OCH3 is 2. The summed E-state index contributed by atoms with van der Waals surface area (Å²) in [5.74, 6) is 2.66. The third-order valence-corrected chi connectivity index (χ3v) is 5.41. The number of nitrogens with zero attached hydrogens (tertiary/aromatic N) is 3. The predicted octanol–water partition coefficient (Wildman–Crippen LogP) is 3.37. The quantitative estimate of drug-likeness (QED) is 0.549. The molecule has 7 nitrogen and oxygen atoms in total. The number of hydrogen-bond acceptors (Lipinski definition) is 5. The standard InChI is InChI=1S/C20H21N5O2/c1-26-16-10-14-15(11-17(16)27-2)25-19(22-14)23-18(24-25)21-12-20(8-9-20)13-6-4-3-5-7-13/h3-7,10-11H,8-9,12H2,1-2H3,(H2,21,22,23,24). The summed E-state index contributed by atoms with van der Waals surface area (Å²) in [6, 6.07) is 14.4. The lowest BCUT2D eigenvalue weighted by Crippen LogP contribution is -2.20. The third-order valence-electron chi connectivity index (χ3n) is 5.41. The summed E-state index contributed by atoms with van der Waals surface area (Å²) >= 11 is 0. The highest BCUT2D eigenvalue weighted by Gasteiger charge is 2.44. The first-order valence-electron chi connectivity index (χ1n) is 9.02. The molecule has 1 aliphatic rings. The van der Waals surface area contributed by atoms with Gasteiger partial charge in [0.1, 0.15) is 0 Å². The van der Waals surface area contributed by atoms with E-state index in [1.807, 2.05) is 16.6 Å². The maximum atomic E-state index is 5.40. The van der Waals surface area contributed by atoms with Gasteiger partial charge in [-0.1, -0.05) is 30.3 Å². The van der Waals surface area contributed by atoms with E-state index in [4.69, 9.17) is 9.47 Å². The molecule has 5 rings (SSSR count). The lowest BCUT2D eigenvalue weighted by atomic mass is 9.96. The maximum absolute atomic E-state index is 5.40. The van der Waals surface area contributed by atoms with E-state index in [1.54, 1.807) is 14.2 Å². The van der Waals surface area contributed by atoms with Gasteiger partial charge in [-0.3, -0.25) is 5.10 Å². The Kier molecular flexibility index (Phi) is 3.50. The van der Waals surface area contributed by atoms with Crippen molar-refractivity contribution >= 4 is 22.8 Å². The zero-order valence-electron chi connectivity index (χ0n) is 15.3. The summed E-state index contributed by atoms with van der Waals surface area (Å²) in [6.45, 7) is 0.850. The largest absolute Gasteiger partial charge is 0.493 e. The number of ether oxygens (including phenoxy) is 2. The van der Waals surface area contributed by atoms with Gasteiger partial charge in [0.05, 0.1) is 25.3 Å². The van der Waals surface area contributed by atoms with E-state index >= 15 is 0 Å². The number of hydrogen-bond donors (Lipinski definition) is 2. The molecule has 138 valence electrons. The molecule has 1 aliphatic carbocycles. The highest BCUT2D eigenvalue weighted by Crippen LogP contribution is 2.48. The number of anilines is 1. The number of aromatic amines is 1. The summed E-state index contributed by atoms with van der Waals surface area (Å²) in [5, 5.41) is 6.75. The molecule has 2 aromatic heterocycles. The second-order valence-electron chi connectivity index (χ2n) is 7.02. The SMILES string of the molecule is COc1cc2nc3nc(NCC4(c5ccccc5)CC4)[nH]n3c2cc1OC. The van der Waals surface area contributed by atoms with Crippen molar-refractivity contribution in [2.75, 3.05) is 26.1 Å². The molecule has 1 saturated carbocycles. The van der Waals surface area contributed by atoms with Gasteiger partial charge in [0.15, 0.2) is 11.5 Å². The maximum Gasteiger partial charge on any atom is 0.253 e. The molecule has 2 heterocycles. The molecule has 7 heteroatoms. The van der Waals surface area contributed by atoms with Crippen LogP contribution in [0.2, 0.25) is 0 Å². The van der Waals surface area contributed by atoms with Crippen LogP contribution in [0, 0.1) is 0 Å². The van der Waals surface area contributed by atoms with E-state index in [9.17, 15) is 0 Å². The first kappa shape index (κ1) is 16.0. The molecular formula is C20H21N5O2. The number of H-pyrrole nitrogens is 1. The van der Waals surface area contributed by atoms with Crippen LogP contribution >= 0.6 is 0 Å². The molecule has 0 atom stereocenters. The Morgan fingerprint density at radius 1 is 1.07 bits per heavy atom. The molecule has 0 amide bonds. The zero-order valence-corrected chi connectivity index (χ0v) is 15.3. The van der Waals surface area contributed by atoms with Gasteiger partial charge in [-0.05, 0) is 18.4 Å². The Hall–Kier alpha value is -3.22. The minimum Gasteiger partial charge on any atom is -0.493 e. The number of rotatable bonds is 6. The van der Waals surface area contributed by atoms with Gasteiger partial charge in [0.25, 0.3) is 5.78 Å². The average Bonchev–Trinajstić information content (AvgIpc) is 3.30. The van der Waals surface area contributed by atoms with Gasteiger partial charge >= 0.3 is 0 Å². The summed E-state index contributed by atoms with van der Waals surface area (Å²) < 4.78 is 12.6. The van der Waals surface area contributed by atoms with Crippen molar-refractivity contribution in [2.24, 2.45) is 0 Å². The molecule has 1 fully saturated rings. The van der Waals surface area contributed by atoms with Gasteiger partial charge in [0, 0.05) is 24.1 Å². The van der Waals surface area contributed by atoms with Gasteiger partial charge in [-0.25, -0.2) is 9.50 Å². The highest BCUT2D eigenvalue weighted by atomic mass is 16.5. The summed E-state index contributed by atoms with van der Waals surface area (Å²) in [5.41, 5.74) is 3.30. The highest BCUT2D eigenvalue weighted by molar-refractivity contribution is 5.83. The van der Waals surface area contributed by atoms with Crippen molar-refractivity contribution in [2.45, 2.75) is 18.3 Å². The van der Waals surface area contributed by atoms with Crippen LogP contribution in [0.5, 0.6) is 11.5 Å². The Morgan fingerprint density at radius 3 is 2.52 bits per heavy atom. The number of benzene rings is 2. The van der Waals surface area contributed by atoms with Crippen LogP contribution in [0.4, 0.5) is 5.95 Å². The molecule has 0 aliphatic heterocycles. The third kappa shape index (κ3) is 2.58. The lowest BCUT2D eigenvalue weighted by Gasteiger charge is -2.15. The van der Waals surface area contributed by atoms with Crippen LogP contribution in [-0.4, -0.2) is 40.3 Å². The topological polar surface area (TPSA) is 76.5 Å². The number of imidazole rings is 1. The van der Waals surface area contributed by atoms with Crippen molar-refractivity contribution in [3.8, 4) is 11.5 Å². The normalized spacial score (nSPS) is 15.2. The smallest absolute Gasteiger partial charge is 0.253 e.